The SMILES string of the molecule is C=CCC1(CC(=O)OCC[Si](C)(C)C)NC2C=C(C(=O)NCC(N)=O)C1[C@@H]1C(=O)OC(=O)C21. The van der Waals surface area contributed by atoms with E-state index < -0.39 is 67.1 Å². The molecule has 11 heteroatoms. The van der Waals surface area contributed by atoms with Gasteiger partial charge in [-0.3, -0.25) is 24.0 Å². The summed E-state index contributed by atoms with van der Waals surface area (Å²) in [6.45, 7) is 10.2. The molecule has 2 bridgehead atoms. The molecule has 2 fully saturated rings. The van der Waals surface area contributed by atoms with Gasteiger partial charge in [0.05, 0.1) is 31.4 Å². The van der Waals surface area contributed by atoms with Crippen molar-refractivity contribution in [3.63, 3.8) is 0 Å². The monoisotopic (exact) mass is 477 g/mol. The lowest BCUT2D eigenvalue weighted by molar-refractivity contribution is -0.154. The van der Waals surface area contributed by atoms with Crippen LogP contribution in [0.3, 0.4) is 0 Å². The Morgan fingerprint density at radius 1 is 1.27 bits per heavy atom. The van der Waals surface area contributed by atoms with E-state index in [9.17, 15) is 24.0 Å². The number of primary amides is 1. The number of nitrogens with one attached hydrogen (secondary N) is 2. The Kier molecular flexibility index (Phi) is 6.94. The molecule has 0 aromatic heterocycles. The van der Waals surface area contributed by atoms with Crippen molar-refractivity contribution in [2.75, 3.05) is 13.2 Å². The van der Waals surface area contributed by atoms with Gasteiger partial charge >= 0.3 is 17.9 Å². The maximum atomic E-state index is 12.9. The second-order valence-electron chi connectivity index (χ2n) is 10.1. The topological polar surface area (TPSA) is 154 Å². The van der Waals surface area contributed by atoms with Crippen molar-refractivity contribution in [2.45, 2.75) is 50.1 Å². The summed E-state index contributed by atoms with van der Waals surface area (Å²) in [6, 6.07) is 0.0989. The average molecular weight is 478 g/mol. The third-order valence-corrected chi connectivity index (χ3v) is 8.10. The highest BCUT2D eigenvalue weighted by atomic mass is 28.3. The van der Waals surface area contributed by atoms with Gasteiger partial charge in [-0.15, -0.1) is 6.58 Å². The standard InChI is InChI=1S/C22H31N3O7Si/c1-5-6-22(10-15(27)31-7-8-33(2,3)4)18-12(19(28)24-11-14(23)26)9-13(25-22)16-17(18)21(30)32-20(16)29/h5,9,13,16-18,25H,1,6-8,10-11H2,2-4H3,(H2,23,26)(H,24,28)/t13?,16?,17-,18?,22?/m1/s1. The van der Waals surface area contributed by atoms with Crippen molar-refractivity contribution in [3.05, 3.63) is 24.3 Å². The molecule has 4 rings (SSSR count). The van der Waals surface area contributed by atoms with Gasteiger partial charge in [0.25, 0.3) is 0 Å². The molecule has 33 heavy (non-hydrogen) atoms. The Morgan fingerprint density at radius 3 is 2.55 bits per heavy atom. The van der Waals surface area contributed by atoms with Crippen LogP contribution >= 0.6 is 0 Å². The van der Waals surface area contributed by atoms with Crippen LogP contribution in [0, 0.1) is 17.8 Å². The van der Waals surface area contributed by atoms with E-state index in [0.29, 0.717) is 6.61 Å². The molecule has 1 aliphatic carbocycles. The van der Waals surface area contributed by atoms with E-state index in [1.165, 1.54) is 0 Å². The molecule has 2 amide bonds. The molecule has 5 atom stereocenters. The summed E-state index contributed by atoms with van der Waals surface area (Å²) < 4.78 is 10.4. The van der Waals surface area contributed by atoms with Gasteiger partial charge in [-0.25, -0.2) is 0 Å². The van der Waals surface area contributed by atoms with Gasteiger partial charge in [-0.2, -0.15) is 0 Å². The number of hydrogen-bond donors (Lipinski definition) is 3. The van der Waals surface area contributed by atoms with Gasteiger partial charge < -0.3 is 25.8 Å². The number of fused-ring (bicyclic) bond motifs is 1. The summed E-state index contributed by atoms with van der Waals surface area (Å²) in [5, 5.41) is 5.76. The first-order chi connectivity index (χ1) is 15.4. The van der Waals surface area contributed by atoms with Crippen LogP contribution in [-0.4, -0.2) is 62.5 Å². The Morgan fingerprint density at radius 2 is 1.94 bits per heavy atom. The smallest absolute Gasteiger partial charge is 0.319 e. The van der Waals surface area contributed by atoms with Crippen molar-refractivity contribution in [2.24, 2.45) is 23.5 Å². The van der Waals surface area contributed by atoms with Crippen LogP contribution in [0.2, 0.25) is 25.7 Å². The van der Waals surface area contributed by atoms with Gasteiger partial charge in [0.15, 0.2) is 0 Å². The van der Waals surface area contributed by atoms with Crippen LogP contribution in [0.15, 0.2) is 24.3 Å². The molecule has 10 nitrogen and oxygen atoms in total. The zero-order valence-corrected chi connectivity index (χ0v) is 20.1. The van der Waals surface area contributed by atoms with E-state index in [-0.39, 0.29) is 25.0 Å². The van der Waals surface area contributed by atoms with E-state index in [1.807, 2.05) is 0 Å². The number of carbonyl (C=O) groups is 5. The number of esters is 3. The van der Waals surface area contributed by atoms with E-state index in [0.717, 1.165) is 6.04 Å². The second kappa shape index (κ2) is 9.22. The number of ether oxygens (including phenoxy) is 2. The molecule has 0 spiro atoms. The molecule has 0 aromatic rings. The number of nitrogens with two attached hydrogens (primary N) is 1. The molecule has 180 valence electrons. The Labute approximate surface area is 193 Å². The molecule has 2 saturated heterocycles. The molecular formula is C22H31N3O7Si. The third kappa shape index (κ3) is 5.08. The summed E-state index contributed by atoms with van der Waals surface area (Å²) >= 11 is 0. The first-order valence-corrected chi connectivity index (χ1v) is 14.7. The highest BCUT2D eigenvalue weighted by Crippen LogP contribution is 2.52. The summed E-state index contributed by atoms with van der Waals surface area (Å²) in [5.41, 5.74) is 4.27. The van der Waals surface area contributed by atoms with Crippen molar-refractivity contribution < 1.29 is 33.4 Å². The van der Waals surface area contributed by atoms with Crippen molar-refractivity contribution in [3.8, 4) is 0 Å². The predicted molar refractivity (Wildman–Crippen MR) is 120 cm³/mol. The molecule has 0 radical (unpaired) electrons. The van der Waals surface area contributed by atoms with Gasteiger partial charge in [-0.1, -0.05) is 31.8 Å². The minimum Gasteiger partial charge on any atom is -0.466 e. The first kappa shape index (κ1) is 24.8. The average Bonchev–Trinajstić information content (AvgIpc) is 3.00. The van der Waals surface area contributed by atoms with Gasteiger partial charge in [-0.05, 0) is 12.5 Å². The fraction of sp³-hybridized carbons (Fsp3) is 0.591. The molecule has 3 aliphatic heterocycles. The number of cyclic esters (lactones) is 2. The van der Waals surface area contributed by atoms with E-state index >= 15 is 0 Å². The fourth-order valence-electron chi connectivity index (χ4n) is 4.97. The van der Waals surface area contributed by atoms with E-state index in [2.05, 4.69) is 36.9 Å². The van der Waals surface area contributed by atoms with Gasteiger partial charge in [0.2, 0.25) is 11.8 Å². The van der Waals surface area contributed by atoms with E-state index in [4.69, 9.17) is 15.2 Å². The summed E-state index contributed by atoms with van der Waals surface area (Å²) in [6.07, 6.45) is 3.28. The fourth-order valence-corrected chi connectivity index (χ4v) is 5.69. The first-order valence-electron chi connectivity index (χ1n) is 11.0. The van der Waals surface area contributed by atoms with Crippen molar-refractivity contribution >= 4 is 37.8 Å². The molecule has 4 unspecified atom stereocenters. The Bertz CT molecular complexity index is 925. The lowest BCUT2D eigenvalue weighted by atomic mass is 9.56. The molecule has 0 aromatic carbocycles. The highest BCUT2D eigenvalue weighted by Gasteiger charge is 2.66. The summed E-state index contributed by atoms with van der Waals surface area (Å²) in [5.74, 6) is -5.76. The summed E-state index contributed by atoms with van der Waals surface area (Å²) in [4.78, 5) is 61.9. The lowest BCUT2D eigenvalue weighted by Gasteiger charge is -2.54. The normalized spacial score (nSPS) is 30.2. The van der Waals surface area contributed by atoms with Crippen LogP contribution in [0.1, 0.15) is 12.8 Å². The lowest BCUT2D eigenvalue weighted by Crippen LogP contribution is -2.70. The number of rotatable bonds is 10. The van der Waals surface area contributed by atoms with Gasteiger partial charge in [0.1, 0.15) is 0 Å². The van der Waals surface area contributed by atoms with Crippen LogP contribution in [-0.2, 0) is 33.4 Å². The maximum absolute atomic E-state index is 12.9. The second-order valence-corrected chi connectivity index (χ2v) is 15.7. The van der Waals surface area contributed by atoms with Crippen LogP contribution < -0.4 is 16.4 Å². The number of amides is 2. The molecule has 3 heterocycles. The minimum absolute atomic E-state index is 0.128. The van der Waals surface area contributed by atoms with Crippen LogP contribution in [0.5, 0.6) is 0 Å². The number of carbonyl (C=O) groups excluding carboxylic acids is 5. The van der Waals surface area contributed by atoms with E-state index in [1.54, 1.807) is 12.2 Å². The molecular weight excluding hydrogens is 446 g/mol. The van der Waals surface area contributed by atoms with Crippen LogP contribution in [0.4, 0.5) is 0 Å². The van der Waals surface area contributed by atoms with Crippen molar-refractivity contribution in [1.82, 2.24) is 10.6 Å². The third-order valence-electron chi connectivity index (χ3n) is 6.39. The van der Waals surface area contributed by atoms with Crippen LogP contribution in [0.25, 0.3) is 0 Å². The summed E-state index contributed by atoms with van der Waals surface area (Å²) in [7, 11) is -1.41. The van der Waals surface area contributed by atoms with Gasteiger partial charge in [0, 0.05) is 31.1 Å². The highest BCUT2D eigenvalue weighted by molar-refractivity contribution is 6.76. The largest absolute Gasteiger partial charge is 0.466 e. The zero-order valence-electron chi connectivity index (χ0n) is 19.1. The molecule has 4 N–H and O–H groups in total. The Hall–Kier alpha value is -2.79. The maximum Gasteiger partial charge on any atom is 0.319 e. The quantitative estimate of drug-likeness (QED) is 0.172. The number of hydrogen-bond acceptors (Lipinski definition) is 8. The van der Waals surface area contributed by atoms with Crippen molar-refractivity contribution in [1.29, 1.82) is 0 Å². The predicted octanol–water partition coefficient (Wildman–Crippen LogP) is 0.0181. The molecule has 0 saturated carbocycles. The minimum atomic E-state index is -1.41. The molecule has 4 aliphatic rings. The zero-order chi connectivity index (χ0) is 24.6. The number of piperidine rings is 1. The Balaban J connectivity index is 1.92.